The number of ether oxygens (including phenoxy) is 2. The standard InChI is InChI=1S/C19H30N4O2.HI/c1-4-20-19(21-13-14(2)23(3)16-7-8-16)22-15-6-9-17-18(12-15)25-11-5-10-24-17;/h6,9,12,14,16H,4-5,7-8,10-11,13H2,1-3H3,(H2,20,21,22);1H. The second-order valence-corrected chi connectivity index (χ2v) is 6.80. The summed E-state index contributed by atoms with van der Waals surface area (Å²) in [4.78, 5) is 7.18. The first kappa shape index (κ1) is 21.1. The zero-order valence-electron chi connectivity index (χ0n) is 16.0. The van der Waals surface area contributed by atoms with Crippen molar-refractivity contribution in [3.8, 4) is 11.5 Å². The summed E-state index contributed by atoms with van der Waals surface area (Å²) in [5.41, 5.74) is 0.951. The Kier molecular flexibility index (Phi) is 8.27. The van der Waals surface area contributed by atoms with Gasteiger partial charge in [0.15, 0.2) is 17.5 Å². The molecule has 0 saturated heterocycles. The molecule has 2 N–H and O–H groups in total. The van der Waals surface area contributed by atoms with E-state index in [4.69, 9.17) is 14.5 Å². The molecule has 1 saturated carbocycles. The van der Waals surface area contributed by atoms with Crippen LogP contribution in [0.4, 0.5) is 5.69 Å². The molecule has 2 aliphatic rings. The van der Waals surface area contributed by atoms with Crippen molar-refractivity contribution in [2.45, 2.75) is 45.2 Å². The highest BCUT2D eigenvalue weighted by Gasteiger charge is 2.28. The molecule has 0 spiro atoms. The van der Waals surface area contributed by atoms with Crippen molar-refractivity contribution >= 4 is 35.6 Å². The average Bonchev–Trinajstić information content (AvgIpc) is 3.45. The number of aliphatic imine (C=N–C) groups is 1. The predicted octanol–water partition coefficient (Wildman–Crippen LogP) is 3.33. The molecule has 0 bridgehead atoms. The van der Waals surface area contributed by atoms with Gasteiger partial charge in [-0.15, -0.1) is 24.0 Å². The van der Waals surface area contributed by atoms with Crippen molar-refractivity contribution in [1.82, 2.24) is 10.2 Å². The van der Waals surface area contributed by atoms with Crippen LogP contribution in [-0.2, 0) is 0 Å². The third kappa shape index (κ3) is 5.90. The van der Waals surface area contributed by atoms with Crippen molar-refractivity contribution in [3.05, 3.63) is 18.2 Å². The molecule has 1 aromatic rings. The van der Waals surface area contributed by atoms with Crippen LogP contribution in [-0.4, -0.2) is 56.3 Å². The van der Waals surface area contributed by atoms with Crippen LogP contribution in [0.5, 0.6) is 11.5 Å². The molecule has 1 aliphatic heterocycles. The van der Waals surface area contributed by atoms with Crippen LogP contribution in [0.25, 0.3) is 0 Å². The number of halogens is 1. The number of hydrogen-bond acceptors (Lipinski definition) is 4. The summed E-state index contributed by atoms with van der Waals surface area (Å²) >= 11 is 0. The number of fused-ring (bicyclic) bond motifs is 1. The lowest BCUT2D eigenvalue weighted by Crippen LogP contribution is -2.36. The van der Waals surface area contributed by atoms with Crippen molar-refractivity contribution < 1.29 is 9.47 Å². The molecule has 0 amide bonds. The maximum absolute atomic E-state index is 5.76. The lowest BCUT2D eigenvalue weighted by molar-refractivity contribution is 0.253. The topological polar surface area (TPSA) is 58.1 Å². The molecular formula is C19H31IN4O2. The molecule has 6 nitrogen and oxygen atoms in total. The van der Waals surface area contributed by atoms with Crippen LogP contribution < -0.4 is 20.1 Å². The largest absolute Gasteiger partial charge is 0.490 e. The van der Waals surface area contributed by atoms with Crippen molar-refractivity contribution in [1.29, 1.82) is 0 Å². The Hall–Kier alpha value is -1.22. The van der Waals surface area contributed by atoms with Crippen LogP contribution in [0.1, 0.15) is 33.1 Å². The fourth-order valence-electron chi connectivity index (χ4n) is 2.88. The molecule has 1 fully saturated rings. The van der Waals surface area contributed by atoms with Crippen molar-refractivity contribution in [3.63, 3.8) is 0 Å². The maximum atomic E-state index is 5.76. The van der Waals surface area contributed by atoms with Crippen LogP contribution in [0.15, 0.2) is 23.2 Å². The first-order valence-electron chi connectivity index (χ1n) is 9.34. The van der Waals surface area contributed by atoms with E-state index < -0.39 is 0 Å². The zero-order valence-corrected chi connectivity index (χ0v) is 18.3. The first-order chi connectivity index (χ1) is 12.2. The average molecular weight is 474 g/mol. The monoisotopic (exact) mass is 474 g/mol. The Bertz CT molecular complexity index is 607. The van der Waals surface area contributed by atoms with Gasteiger partial charge in [0.2, 0.25) is 0 Å². The zero-order chi connectivity index (χ0) is 17.6. The van der Waals surface area contributed by atoms with Crippen LogP contribution in [0.2, 0.25) is 0 Å². The quantitative estimate of drug-likeness (QED) is 0.377. The predicted molar refractivity (Wildman–Crippen MR) is 117 cm³/mol. The minimum Gasteiger partial charge on any atom is -0.490 e. The summed E-state index contributed by atoms with van der Waals surface area (Å²) in [5.74, 6) is 2.40. The van der Waals surface area contributed by atoms with Crippen LogP contribution in [0, 0.1) is 0 Å². The summed E-state index contributed by atoms with van der Waals surface area (Å²) in [6, 6.07) is 7.12. The number of hydrogen-bond donors (Lipinski definition) is 2. The van der Waals surface area contributed by atoms with Gasteiger partial charge >= 0.3 is 0 Å². The Balaban J connectivity index is 0.00000243. The minimum absolute atomic E-state index is 0. The summed E-state index contributed by atoms with van der Waals surface area (Å²) < 4.78 is 11.4. The van der Waals surface area contributed by atoms with E-state index >= 15 is 0 Å². The third-order valence-electron chi connectivity index (χ3n) is 4.69. The van der Waals surface area contributed by atoms with Crippen LogP contribution >= 0.6 is 24.0 Å². The van der Waals surface area contributed by atoms with Gasteiger partial charge in [-0.1, -0.05) is 0 Å². The molecule has 1 unspecified atom stereocenters. The lowest BCUT2D eigenvalue weighted by Gasteiger charge is -2.23. The fraction of sp³-hybridized carbons (Fsp3) is 0.632. The van der Waals surface area contributed by atoms with Gasteiger partial charge in [-0.2, -0.15) is 0 Å². The number of anilines is 1. The van der Waals surface area contributed by atoms with E-state index in [1.165, 1.54) is 12.8 Å². The van der Waals surface area contributed by atoms with Gasteiger partial charge in [0.25, 0.3) is 0 Å². The van der Waals surface area contributed by atoms with E-state index in [9.17, 15) is 0 Å². The molecule has 0 aromatic heterocycles. The van der Waals surface area contributed by atoms with Gasteiger partial charge in [-0.25, -0.2) is 0 Å². The molecule has 1 atom stereocenters. The molecule has 1 heterocycles. The number of benzene rings is 1. The smallest absolute Gasteiger partial charge is 0.195 e. The van der Waals surface area contributed by atoms with Crippen molar-refractivity contribution in [2.24, 2.45) is 4.99 Å². The normalized spacial score (nSPS) is 17.9. The van der Waals surface area contributed by atoms with Gasteiger partial charge in [0, 0.05) is 36.8 Å². The van der Waals surface area contributed by atoms with E-state index in [1.54, 1.807) is 0 Å². The van der Waals surface area contributed by atoms with E-state index in [0.717, 1.165) is 48.7 Å². The number of nitrogens with one attached hydrogen (secondary N) is 2. The molecule has 146 valence electrons. The Morgan fingerprint density at radius 1 is 1.27 bits per heavy atom. The summed E-state index contributed by atoms with van der Waals surface area (Å²) in [5, 5.41) is 6.69. The van der Waals surface area contributed by atoms with Gasteiger partial charge < -0.3 is 20.1 Å². The number of guanidine groups is 1. The SMILES string of the molecule is CCNC(=NCC(C)N(C)C1CC1)Nc1ccc2c(c1)OCCCO2.I. The van der Waals surface area contributed by atoms with Gasteiger partial charge in [-0.3, -0.25) is 9.89 Å². The second kappa shape index (κ2) is 10.2. The second-order valence-electron chi connectivity index (χ2n) is 6.80. The maximum Gasteiger partial charge on any atom is 0.195 e. The molecule has 0 radical (unpaired) electrons. The summed E-state index contributed by atoms with van der Waals surface area (Å²) in [6.45, 7) is 7.30. The van der Waals surface area contributed by atoms with Gasteiger partial charge in [0.05, 0.1) is 19.8 Å². The summed E-state index contributed by atoms with van der Waals surface area (Å²) in [6.07, 6.45) is 3.55. The summed E-state index contributed by atoms with van der Waals surface area (Å²) in [7, 11) is 2.20. The molecule has 3 rings (SSSR count). The van der Waals surface area contributed by atoms with E-state index in [2.05, 4.69) is 36.4 Å². The Labute approximate surface area is 173 Å². The molecular weight excluding hydrogens is 443 g/mol. The Morgan fingerprint density at radius 3 is 2.69 bits per heavy atom. The molecule has 26 heavy (non-hydrogen) atoms. The number of likely N-dealkylation sites (N-methyl/N-ethyl adjacent to an activating group) is 1. The number of rotatable bonds is 6. The van der Waals surface area contributed by atoms with E-state index in [-0.39, 0.29) is 24.0 Å². The fourth-order valence-corrected chi connectivity index (χ4v) is 2.88. The van der Waals surface area contributed by atoms with Gasteiger partial charge in [0.1, 0.15) is 0 Å². The van der Waals surface area contributed by atoms with Gasteiger partial charge in [-0.05, 0) is 45.9 Å². The lowest BCUT2D eigenvalue weighted by atomic mass is 10.2. The van der Waals surface area contributed by atoms with Crippen molar-refractivity contribution in [2.75, 3.05) is 38.7 Å². The molecule has 1 aliphatic carbocycles. The molecule has 7 heteroatoms. The van der Waals surface area contributed by atoms with E-state index in [1.807, 2.05) is 18.2 Å². The van der Waals surface area contributed by atoms with Crippen LogP contribution in [0.3, 0.4) is 0 Å². The highest BCUT2D eigenvalue weighted by molar-refractivity contribution is 14.0. The minimum atomic E-state index is 0. The highest BCUT2D eigenvalue weighted by Crippen LogP contribution is 2.32. The molecule has 1 aromatic carbocycles. The van der Waals surface area contributed by atoms with E-state index in [0.29, 0.717) is 19.3 Å². The first-order valence-corrected chi connectivity index (χ1v) is 9.34. The number of nitrogens with zero attached hydrogens (tertiary/aromatic N) is 2. The third-order valence-corrected chi connectivity index (χ3v) is 4.69. The highest BCUT2D eigenvalue weighted by atomic mass is 127. The Morgan fingerprint density at radius 2 is 2.00 bits per heavy atom.